The van der Waals surface area contributed by atoms with Crippen LogP contribution in [0, 0.1) is 23.2 Å². The number of hydrogen-bond donors (Lipinski definition) is 2. The van der Waals surface area contributed by atoms with E-state index in [1.165, 1.54) is 12.8 Å². The third-order valence-corrected chi connectivity index (χ3v) is 4.64. The molecule has 3 rings (SSSR count). The number of fused-ring (bicyclic) bond motifs is 2. The smallest absolute Gasteiger partial charge is 0.0434 e. The molecule has 76 valence electrons. The summed E-state index contributed by atoms with van der Waals surface area (Å²) in [5.74, 6) is 2.17. The van der Waals surface area contributed by atoms with Crippen LogP contribution >= 0.6 is 0 Å². The Morgan fingerprint density at radius 1 is 1.38 bits per heavy atom. The summed E-state index contributed by atoms with van der Waals surface area (Å²) in [5.41, 5.74) is 6.69. The zero-order valence-corrected chi connectivity index (χ0v) is 8.66. The number of hydrogen-bond acceptors (Lipinski definition) is 2. The molecule has 3 aliphatic rings. The first-order valence-electron chi connectivity index (χ1n) is 5.43. The quantitative estimate of drug-likeness (QED) is 0.679. The van der Waals surface area contributed by atoms with E-state index in [1.54, 1.807) is 0 Å². The van der Waals surface area contributed by atoms with Crippen molar-refractivity contribution >= 4 is 0 Å². The molecule has 0 heterocycles. The maximum absolute atomic E-state index is 8.91. The molecule has 2 nitrogen and oxygen atoms in total. The van der Waals surface area contributed by atoms with Crippen molar-refractivity contribution in [2.45, 2.75) is 39.2 Å². The third kappa shape index (κ3) is 1.23. The standard InChI is InChI=1S/C11H21NO/c1-11(2)8-5-7(3-4-13)10(12)9(11)6-8/h7-10,13H,3-6,12H2,1-2H3/t7-,8+,9+,10+/m1/s1. The molecule has 13 heavy (non-hydrogen) atoms. The van der Waals surface area contributed by atoms with E-state index in [9.17, 15) is 0 Å². The molecule has 2 heteroatoms. The van der Waals surface area contributed by atoms with Crippen molar-refractivity contribution in [1.82, 2.24) is 0 Å². The minimum absolute atomic E-state index is 0.304. The molecule has 0 unspecified atom stereocenters. The lowest BCUT2D eigenvalue weighted by Crippen LogP contribution is -2.61. The SMILES string of the molecule is CC1(C)[C@H]2C[C@@H](CCO)[C@H](N)[C@@H]1C2. The summed E-state index contributed by atoms with van der Waals surface area (Å²) >= 11 is 0. The summed E-state index contributed by atoms with van der Waals surface area (Å²) in [6.45, 7) is 5.00. The molecule has 0 spiro atoms. The highest BCUT2D eigenvalue weighted by Crippen LogP contribution is 2.60. The van der Waals surface area contributed by atoms with Gasteiger partial charge in [-0.1, -0.05) is 13.8 Å². The topological polar surface area (TPSA) is 46.2 Å². The molecule has 2 bridgehead atoms. The van der Waals surface area contributed by atoms with E-state index in [2.05, 4.69) is 13.8 Å². The third-order valence-electron chi connectivity index (χ3n) is 4.64. The molecule has 0 aromatic rings. The van der Waals surface area contributed by atoms with Crippen molar-refractivity contribution in [2.75, 3.05) is 6.61 Å². The van der Waals surface area contributed by atoms with Gasteiger partial charge in [0.15, 0.2) is 0 Å². The fraction of sp³-hybridized carbons (Fsp3) is 1.00. The lowest BCUT2D eigenvalue weighted by atomic mass is 9.45. The molecule has 0 amide bonds. The van der Waals surface area contributed by atoms with Gasteiger partial charge in [0.25, 0.3) is 0 Å². The van der Waals surface area contributed by atoms with Gasteiger partial charge >= 0.3 is 0 Å². The van der Waals surface area contributed by atoms with Crippen molar-refractivity contribution in [2.24, 2.45) is 28.9 Å². The number of aliphatic hydroxyl groups excluding tert-OH is 1. The first-order valence-corrected chi connectivity index (χ1v) is 5.43. The molecule has 0 radical (unpaired) electrons. The number of nitrogens with two attached hydrogens (primary N) is 1. The van der Waals surface area contributed by atoms with Crippen LogP contribution in [-0.4, -0.2) is 17.8 Å². The van der Waals surface area contributed by atoms with Gasteiger partial charge in [0.1, 0.15) is 0 Å². The predicted molar refractivity (Wildman–Crippen MR) is 53.2 cm³/mol. The van der Waals surface area contributed by atoms with E-state index in [1.807, 2.05) is 0 Å². The van der Waals surface area contributed by atoms with Crippen LogP contribution in [0.3, 0.4) is 0 Å². The second-order valence-corrected chi connectivity index (χ2v) is 5.45. The minimum atomic E-state index is 0.304. The maximum atomic E-state index is 8.91. The second-order valence-electron chi connectivity index (χ2n) is 5.45. The molecule has 3 saturated carbocycles. The normalized spacial score (nSPS) is 47.1. The van der Waals surface area contributed by atoms with Crippen LogP contribution in [0.5, 0.6) is 0 Å². The summed E-state index contributed by atoms with van der Waals surface area (Å²) in [6, 6.07) is 0.340. The molecule has 0 saturated heterocycles. The average molecular weight is 183 g/mol. The summed E-state index contributed by atoms with van der Waals surface area (Å²) < 4.78 is 0. The first-order chi connectivity index (χ1) is 6.07. The number of rotatable bonds is 2. The van der Waals surface area contributed by atoms with Crippen LogP contribution < -0.4 is 5.73 Å². The van der Waals surface area contributed by atoms with Crippen LogP contribution in [0.25, 0.3) is 0 Å². The summed E-state index contributed by atoms with van der Waals surface area (Å²) in [4.78, 5) is 0. The van der Waals surface area contributed by atoms with Gasteiger partial charge in [-0.25, -0.2) is 0 Å². The van der Waals surface area contributed by atoms with Gasteiger partial charge in [-0.2, -0.15) is 0 Å². The van der Waals surface area contributed by atoms with Gasteiger partial charge < -0.3 is 10.8 Å². The van der Waals surface area contributed by atoms with Crippen LogP contribution in [-0.2, 0) is 0 Å². The summed E-state index contributed by atoms with van der Waals surface area (Å²) in [5, 5.41) is 8.91. The van der Waals surface area contributed by atoms with Gasteiger partial charge in [0.2, 0.25) is 0 Å². The van der Waals surface area contributed by atoms with Gasteiger partial charge in [-0.05, 0) is 42.4 Å². The summed E-state index contributed by atoms with van der Waals surface area (Å²) in [7, 11) is 0. The zero-order valence-electron chi connectivity index (χ0n) is 8.66. The predicted octanol–water partition coefficient (Wildman–Crippen LogP) is 1.38. The summed E-state index contributed by atoms with van der Waals surface area (Å²) in [6.07, 6.45) is 3.48. The monoisotopic (exact) mass is 183 g/mol. The lowest BCUT2D eigenvalue weighted by molar-refractivity contribution is -0.107. The van der Waals surface area contributed by atoms with Crippen LogP contribution in [0.1, 0.15) is 33.1 Å². The lowest BCUT2D eigenvalue weighted by Gasteiger charge is -2.61. The van der Waals surface area contributed by atoms with E-state index in [0.717, 1.165) is 12.3 Å². The molecule has 0 aliphatic heterocycles. The van der Waals surface area contributed by atoms with E-state index in [0.29, 0.717) is 29.9 Å². The van der Waals surface area contributed by atoms with Crippen LogP contribution in [0.2, 0.25) is 0 Å². The molecule has 3 aliphatic carbocycles. The Morgan fingerprint density at radius 3 is 2.54 bits per heavy atom. The molecule has 0 aromatic heterocycles. The van der Waals surface area contributed by atoms with Gasteiger partial charge in [0, 0.05) is 12.6 Å². The highest BCUT2D eigenvalue weighted by atomic mass is 16.3. The van der Waals surface area contributed by atoms with Gasteiger partial charge in [0.05, 0.1) is 0 Å². The van der Waals surface area contributed by atoms with Crippen molar-refractivity contribution in [3.8, 4) is 0 Å². The largest absolute Gasteiger partial charge is 0.396 e. The van der Waals surface area contributed by atoms with Crippen molar-refractivity contribution in [3.05, 3.63) is 0 Å². The Kier molecular flexibility index (Phi) is 2.16. The molecular weight excluding hydrogens is 162 g/mol. The van der Waals surface area contributed by atoms with Crippen molar-refractivity contribution in [1.29, 1.82) is 0 Å². The van der Waals surface area contributed by atoms with Crippen LogP contribution in [0.15, 0.2) is 0 Å². The Balaban J connectivity index is 2.03. The van der Waals surface area contributed by atoms with Crippen molar-refractivity contribution in [3.63, 3.8) is 0 Å². The Morgan fingerprint density at radius 2 is 2.08 bits per heavy atom. The van der Waals surface area contributed by atoms with Gasteiger partial charge in [-0.3, -0.25) is 0 Å². The van der Waals surface area contributed by atoms with E-state index < -0.39 is 0 Å². The van der Waals surface area contributed by atoms with Crippen LogP contribution in [0.4, 0.5) is 0 Å². The molecule has 3 fully saturated rings. The second kappa shape index (κ2) is 2.96. The fourth-order valence-corrected chi connectivity index (χ4v) is 3.44. The Labute approximate surface area is 80.5 Å². The van der Waals surface area contributed by atoms with E-state index >= 15 is 0 Å². The average Bonchev–Trinajstić information content (AvgIpc) is 2.08. The van der Waals surface area contributed by atoms with E-state index in [-0.39, 0.29) is 0 Å². The first kappa shape index (κ1) is 9.47. The number of aliphatic hydroxyl groups is 1. The minimum Gasteiger partial charge on any atom is -0.396 e. The Hall–Kier alpha value is -0.0800. The highest BCUT2D eigenvalue weighted by Gasteiger charge is 2.56. The molecule has 3 N–H and O–H groups in total. The maximum Gasteiger partial charge on any atom is 0.0434 e. The molecule has 0 aromatic carbocycles. The van der Waals surface area contributed by atoms with E-state index in [4.69, 9.17) is 10.8 Å². The molecular formula is C11H21NO. The highest BCUT2D eigenvalue weighted by molar-refractivity contribution is 5.07. The molecule has 4 atom stereocenters. The zero-order chi connectivity index (χ0) is 9.64. The van der Waals surface area contributed by atoms with Crippen molar-refractivity contribution < 1.29 is 5.11 Å². The fourth-order valence-electron chi connectivity index (χ4n) is 3.44. The Bertz CT molecular complexity index is 202. The van der Waals surface area contributed by atoms with Gasteiger partial charge in [-0.15, -0.1) is 0 Å².